The van der Waals surface area contributed by atoms with Crippen molar-refractivity contribution in [2.24, 2.45) is 0 Å². The Labute approximate surface area is 126 Å². The summed E-state index contributed by atoms with van der Waals surface area (Å²) < 4.78 is 6.50. The number of nitrogens with two attached hydrogens (primary N) is 1. The number of anilines is 1. The first-order valence-electron chi connectivity index (χ1n) is 6.08. The summed E-state index contributed by atoms with van der Waals surface area (Å²) in [4.78, 5) is 0. The van der Waals surface area contributed by atoms with Gasteiger partial charge in [-0.05, 0) is 46.5 Å². The molecule has 0 aliphatic heterocycles. The average molecular weight is 341 g/mol. The molecule has 4 heteroatoms. The van der Waals surface area contributed by atoms with Crippen LogP contribution in [0.15, 0.2) is 46.9 Å². The first kappa shape index (κ1) is 14.2. The van der Waals surface area contributed by atoms with Gasteiger partial charge in [-0.2, -0.15) is 0 Å². The molecule has 2 aromatic rings. The van der Waals surface area contributed by atoms with Crippen LogP contribution in [0.4, 0.5) is 5.69 Å². The zero-order valence-corrected chi connectivity index (χ0v) is 12.7. The minimum Gasteiger partial charge on any atom is -0.490 e. The second-order valence-electron chi connectivity index (χ2n) is 4.24. The molecule has 100 valence electrons. The summed E-state index contributed by atoms with van der Waals surface area (Å²) in [5, 5.41) is 0.598. The maximum Gasteiger partial charge on any atom is 0.156 e. The van der Waals surface area contributed by atoms with Gasteiger partial charge in [0.1, 0.15) is 0 Å². The molecule has 0 heterocycles. The molecule has 2 rings (SSSR count). The highest BCUT2D eigenvalue weighted by Crippen LogP contribution is 2.34. The third-order valence-electron chi connectivity index (χ3n) is 2.74. The van der Waals surface area contributed by atoms with Gasteiger partial charge in [-0.1, -0.05) is 41.9 Å². The van der Waals surface area contributed by atoms with Gasteiger partial charge >= 0.3 is 0 Å². The van der Waals surface area contributed by atoms with Crippen LogP contribution >= 0.6 is 27.5 Å². The number of aryl methyl sites for hydroxylation is 1. The minimum atomic E-state index is 0.555. The van der Waals surface area contributed by atoms with Gasteiger partial charge in [0, 0.05) is 5.02 Å². The van der Waals surface area contributed by atoms with Gasteiger partial charge in [-0.25, -0.2) is 0 Å². The Morgan fingerprint density at radius 2 is 1.89 bits per heavy atom. The lowest BCUT2D eigenvalue weighted by atomic mass is 10.1. The van der Waals surface area contributed by atoms with Gasteiger partial charge < -0.3 is 10.5 Å². The lowest BCUT2D eigenvalue weighted by Gasteiger charge is -2.11. The van der Waals surface area contributed by atoms with Crippen LogP contribution in [0, 0.1) is 0 Å². The molecule has 0 aliphatic carbocycles. The molecular weight excluding hydrogens is 326 g/mol. The van der Waals surface area contributed by atoms with Crippen molar-refractivity contribution < 1.29 is 4.74 Å². The molecule has 2 N–H and O–H groups in total. The van der Waals surface area contributed by atoms with Crippen LogP contribution in [0.2, 0.25) is 5.02 Å². The van der Waals surface area contributed by atoms with Crippen LogP contribution in [0.1, 0.15) is 12.0 Å². The second-order valence-corrected chi connectivity index (χ2v) is 5.53. The number of hydrogen-bond donors (Lipinski definition) is 1. The molecule has 0 spiro atoms. The van der Waals surface area contributed by atoms with E-state index in [9.17, 15) is 0 Å². The van der Waals surface area contributed by atoms with Gasteiger partial charge in [0.05, 0.1) is 16.8 Å². The Kier molecular flexibility index (Phi) is 5.11. The van der Waals surface area contributed by atoms with Gasteiger partial charge in [0.2, 0.25) is 0 Å². The first-order valence-corrected chi connectivity index (χ1v) is 7.25. The fourth-order valence-corrected chi connectivity index (χ4v) is 2.78. The number of rotatable bonds is 5. The molecule has 0 aromatic heterocycles. The summed E-state index contributed by atoms with van der Waals surface area (Å²) in [5.41, 5.74) is 7.74. The van der Waals surface area contributed by atoms with Crippen molar-refractivity contribution in [1.29, 1.82) is 0 Å². The Morgan fingerprint density at radius 1 is 1.16 bits per heavy atom. The topological polar surface area (TPSA) is 35.2 Å². The molecule has 0 atom stereocenters. The molecular formula is C15H15BrClNO. The van der Waals surface area contributed by atoms with Crippen molar-refractivity contribution in [2.75, 3.05) is 12.3 Å². The third kappa shape index (κ3) is 4.15. The van der Waals surface area contributed by atoms with Crippen molar-refractivity contribution in [3.05, 3.63) is 57.5 Å². The smallest absolute Gasteiger partial charge is 0.156 e. The van der Waals surface area contributed by atoms with E-state index in [-0.39, 0.29) is 0 Å². The maximum absolute atomic E-state index is 5.90. The van der Waals surface area contributed by atoms with Crippen molar-refractivity contribution >= 4 is 33.2 Å². The summed E-state index contributed by atoms with van der Waals surface area (Å²) in [5.74, 6) is 0.664. The summed E-state index contributed by atoms with van der Waals surface area (Å²) in [6, 6.07) is 13.8. The Morgan fingerprint density at radius 3 is 2.58 bits per heavy atom. The Balaban J connectivity index is 1.86. The summed E-state index contributed by atoms with van der Waals surface area (Å²) in [6.07, 6.45) is 1.93. The molecule has 19 heavy (non-hydrogen) atoms. The quantitative estimate of drug-likeness (QED) is 0.632. The SMILES string of the molecule is Nc1cc(Cl)cc(Br)c1OCCCc1ccccc1. The minimum absolute atomic E-state index is 0.555. The lowest BCUT2D eigenvalue weighted by molar-refractivity contribution is 0.311. The van der Waals surface area contributed by atoms with E-state index < -0.39 is 0 Å². The highest BCUT2D eigenvalue weighted by Gasteiger charge is 2.07. The van der Waals surface area contributed by atoms with Crippen LogP contribution < -0.4 is 10.5 Å². The summed E-state index contributed by atoms with van der Waals surface area (Å²) >= 11 is 9.30. The normalized spacial score (nSPS) is 10.4. The molecule has 0 fully saturated rings. The predicted molar refractivity (Wildman–Crippen MR) is 83.8 cm³/mol. The predicted octanol–water partition coefficient (Wildman–Crippen LogP) is 4.70. The molecule has 0 aliphatic rings. The summed E-state index contributed by atoms with van der Waals surface area (Å²) in [7, 11) is 0. The standard InChI is InChI=1S/C15H15BrClNO/c16-13-9-12(17)10-14(18)15(13)19-8-4-7-11-5-2-1-3-6-11/h1-3,5-6,9-10H,4,7-8,18H2. The van der Waals surface area contributed by atoms with Crippen molar-refractivity contribution in [3.63, 3.8) is 0 Å². The second kappa shape index (κ2) is 6.83. The fraction of sp³-hybridized carbons (Fsp3) is 0.200. The first-order chi connectivity index (χ1) is 9.16. The fourth-order valence-electron chi connectivity index (χ4n) is 1.83. The Bertz CT molecular complexity index is 522. The van der Waals surface area contributed by atoms with Crippen molar-refractivity contribution in [3.8, 4) is 5.75 Å². The third-order valence-corrected chi connectivity index (χ3v) is 3.54. The van der Waals surface area contributed by atoms with Gasteiger partial charge in [-0.15, -0.1) is 0 Å². The van der Waals surface area contributed by atoms with E-state index in [1.165, 1.54) is 5.56 Å². The number of nitrogen functional groups attached to an aromatic ring is 1. The van der Waals surface area contributed by atoms with Crippen LogP contribution in [0.5, 0.6) is 5.75 Å². The van der Waals surface area contributed by atoms with Gasteiger partial charge in [0.15, 0.2) is 5.75 Å². The monoisotopic (exact) mass is 339 g/mol. The van der Waals surface area contributed by atoms with Crippen LogP contribution in [0.25, 0.3) is 0 Å². The van der Waals surface area contributed by atoms with Gasteiger partial charge in [-0.3, -0.25) is 0 Å². The van der Waals surface area contributed by atoms with E-state index in [1.54, 1.807) is 12.1 Å². The number of halogens is 2. The zero-order chi connectivity index (χ0) is 13.7. The molecule has 2 nitrogen and oxygen atoms in total. The molecule has 0 saturated heterocycles. The number of benzene rings is 2. The largest absolute Gasteiger partial charge is 0.490 e. The Hall–Kier alpha value is -1.19. The molecule has 0 unspecified atom stereocenters. The lowest BCUT2D eigenvalue weighted by Crippen LogP contribution is -2.02. The highest BCUT2D eigenvalue weighted by atomic mass is 79.9. The zero-order valence-electron chi connectivity index (χ0n) is 10.4. The summed E-state index contributed by atoms with van der Waals surface area (Å²) in [6.45, 7) is 0.624. The van der Waals surface area contributed by atoms with E-state index in [1.807, 2.05) is 18.2 Å². The molecule has 0 radical (unpaired) electrons. The van der Waals surface area contributed by atoms with E-state index >= 15 is 0 Å². The number of hydrogen-bond acceptors (Lipinski definition) is 2. The molecule has 0 bridgehead atoms. The van der Waals surface area contributed by atoms with Gasteiger partial charge in [0.25, 0.3) is 0 Å². The van der Waals surface area contributed by atoms with E-state index in [2.05, 4.69) is 28.1 Å². The van der Waals surface area contributed by atoms with E-state index in [4.69, 9.17) is 22.1 Å². The van der Waals surface area contributed by atoms with E-state index in [0.717, 1.165) is 17.3 Å². The van der Waals surface area contributed by atoms with E-state index in [0.29, 0.717) is 23.1 Å². The molecule has 0 saturated carbocycles. The highest BCUT2D eigenvalue weighted by molar-refractivity contribution is 9.10. The maximum atomic E-state index is 5.90. The van der Waals surface area contributed by atoms with Crippen LogP contribution in [-0.4, -0.2) is 6.61 Å². The van der Waals surface area contributed by atoms with Crippen molar-refractivity contribution in [1.82, 2.24) is 0 Å². The van der Waals surface area contributed by atoms with Crippen molar-refractivity contribution in [2.45, 2.75) is 12.8 Å². The molecule has 0 amide bonds. The number of ether oxygens (including phenoxy) is 1. The van der Waals surface area contributed by atoms with Crippen LogP contribution in [-0.2, 0) is 6.42 Å². The molecule has 2 aromatic carbocycles. The average Bonchev–Trinajstić information content (AvgIpc) is 2.38. The van der Waals surface area contributed by atoms with Crippen LogP contribution in [0.3, 0.4) is 0 Å².